The van der Waals surface area contributed by atoms with Crippen molar-refractivity contribution in [2.24, 2.45) is 0 Å². The van der Waals surface area contributed by atoms with E-state index in [0.29, 0.717) is 34.8 Å². The van der Waals surface area contributed by atoms with Crippen LogP contribution in [0.4, 0.5) is 5.69 Å². The number of hydrogen-bond donors (Lipinski definition) is 0. The van der Waals surface area contributed by atoms with Gasteiger partial charge in [0.1, 0.15) is 17.2 Å². The van der Waals surface area contributed by atoms with E-state index in [-0.39, 0.29) is 11.5 Å². The SMILES string of the molecule is CCC(=O)c1ccc(OC(=O)c2ccc(Oc3ccc([N+](=O)[O-])cc3)cc2)cc1. The highest BCUT2D eigenvalue weighted by atomic mass is 16.6. The lowest BCUT2D eigenvalue weighted by Gasteiger charge is -2.07. The maximum Gasteiger partial charge on any atom is 0.343 e. The van der Waals surface area contributed by atoms with Crippen molar-refractivity contribution < 1.29 is 24.0 Å². The molecule has 0 aromatic heterocycles. The summed E-state index contributed by atoms with van der Waals surface area (Å²) < 4.78 is 10.9. The zero-order valence-electron chi connectivity index (χ0n) is 15.5. The number of benzene rings is 3. The van der Waals surface area contributed by atoms with Gasteiger partial charge in [-0.3, -0.25) is 14.9 Å². The predicted octanol–water partition coefficient (Wildman–Crippen LogP) is 5.20. The maximum atomic E-state index is 12.3. The summed E-state index contributed by atoms with van der Waals surface area (Å²) in [5.74, 6) is 0.729. The minimum absolute atomic E-state index is 0.0199. The molecule has 0 saturated carbocycles. The number of nitro benzene ring substituents is 1. The van der Waals surface area contributed by atoms with Crippen LogP contribution in [0.25, 0.3) is 0 Å². The Morgan fingerprint density at radius 1 is 0.793 bits per heavy atom. The van der Waals surface area contributed by atoms with Crippen LogP contribution in [0.15, 0.2) is 72.8 Å². The average molecular weight is 391 g/mol. The summed E-state index contributed by atoms with van der Waals surface area (Å²) in [4.78, 5) is 34.1. The summed E-state index contributed by atoms with van der Waals surface area (Å²) in [5, 5.41) is 10.7. The number of carbonyl (C=O) groups excluding carboxylic acids is 2. The molecule has 0 unspecified atom stereocenters. The lowest BCUT2D eigenvalue weighted by Crippen LogP contribution is -2.08. The van der Waals surface area contributed by atoms with Crippen LogP contribution in [0.5, 0.6) is 17.2 Å². The molecule has 0 atom stereocenters. The minimum atomic E-state index is -0.540. The molecule has 0 saturated heterocycles. The third kappa shape index (κ3) is 5.04. The number of rotatable bonds is 7. The fourth-order valence-electron chi connectivity index (χ4n) is 2.51. The van der Waals surface area contributed by atoms with Crippen molar-refractivity contribution >= 4 is 17.4 Å². The van der Waals surface area contributed by atoms with Crippen LogP contribution in [0, 0.1) is 10.1 Å². The van der Waals surface area contributed by atoms with E-state index >= 15 is 0 Å². The van der Waals surface area contributed by atoms with E-state index in [4.69, 9.17) is 9.47 Å². The van der Waals surface area contributed by atoms with Crippen LogP contribution >= 0.6 is 0 Å². The van der Waals surface area contributed by atoms with Gasteiger partial charge in [-0.25, -0.2) is 4.79 Å². The number of Topliss-reactive ketones (excluding diaryl/α,β-unsaturated/α-hetero) is 1. The van der Waals surface area contributed by atoms with Gasteiger partial charge in [-0.15, -0.1) is 0 Å². The first-order chi connectivity index (χ1) is 14.0. The summed E-state index contributed by atoms with van der Waals surface area (Å²) in [6.45, 7) is 1.78. The standard InChI is InChI=1S/C22H17NO6/c1-2-21(24)15-3-9-20(10-4-15)29-22(25)16-5-11-18(12-6-16)28-19-13-7-17(8-14-19)23(26)27/h3-14H,2H2,1H3. The molecule has 0 spiro atoms. The molecule has 0 aliphatic heterocycles. The Hall–Kier alpha value is -4.00. The molecule has 0 fully saturated rings. The maximum absolute atomic E-state index is 12.3. The highest BCUT2D eigenvalue weighted by Crippen LogP contribution is 2.24. The normalized spacial score (nSPS) is 10.2. The molecule has 146 valence electrons. The number of esters is 1. The number of nitro groups is 1. The second-order valence-corrected chi connectivity index (χ2v) is 6.07. The third-order valence-corrected chi connectivity index (χ3v) is 4.08. The Bertz CT molecular complexity index is 1020. The molecule has 0 radical (unpaired) electrons. The van der Waals surface area contributed by atoms with E-state index in [2.05, 4.69) is 0 Å². The van der Waals surface area contributed by atoms with E-state index in [9.17, 15) is 19.7 Å². The van der Waals surface area contributed by atoms with E-state index in [1.165, 1.54) is 24.3 Å². The van der Waals surface area contributed by atoms with Gasteiger partial charge in [-0.1, -0.05) is 6.92 Å². The van der Waals surface area contributed by atoms with Gasteiger partial charge in [0, 0.05) is 24.1 Å². The number of non-ortho nitro benzene ring substituents is 1. The molecule has 0 N–H and O–H groups in total. The van der Waals surface area contributed by atoms with Crippen LogP contribution in [-0.4, -0.2) is 16.7 Å². The molecule has 0 aliphatic carbocycles. The molecule has 0 bridgehead atoms. The summed E-state index contributed by atoms with van der Waals surface area (Å²) in [7, 11) is 0. The second kappa shape index (κ2) is 8.79. The van der Waals surface area contributed by atoms with E-state index in [0.717, 1.165) is 0 Å². The lowest BCUT2D eigenvalue weighted by molar-refractivity contribution is -0.384. The quantitative estimate of drug-likeness (QED) is 0.181. The van der Waals surface area contributed by atoms with Crippen molar-refractivity contribution in [1.29, 1.82) is 0 Å². The van der Waals surface area contributed by atoms with Gasteiger partial charge in [0.05, 0.1) is 10.5 Å². The van der Waals surface area contributed by atoms with Gasteiger partial charge >= 0.3 is 5.97 Å². The van der Waals surface area contributed by atoms with Crippen LogP contribution < -0.4 is 9.47 Å². The molecular formula is C22H17NO6. The summed E-state index contributed by atoms with van der Waals surface area (Å²) in [5.41, 5.74) is 0.873. The first kappa shape index (κ1) is 19.8. The fourth-order valence-corrected chi connectivity index (χ4v) is 2.51. The Morgan fingerprint density at radius 2 is 1.28 bits per heavy atom. The molecule has 3 aromatic rings. The van der Waals surface area contributed by atoms with Gasteiger partial charge in [-0.2, -0.15) is 0 Å². The third-order valence-electron chi connectivity index (χ3n) is 4.08. The van der Waals surface area contributed by atoms with Gasteiger partial charge in [0.25, 0.3) is 5.69 Å². The Kier molecular flexibility index (Phi) is 5.99. The Labute approximate surface area is 166 Å². The molecule has 0 amide bonds. The number of carbonyl (C=O) groups is 2. The van der Waals surface area contributed by atoms with E-state index < -0.39 is 10.9 Å². The van der Waals surface area contributed by atoms with Crippen molar-refractivity contribution in [2.75, 3.05) is 0 Å². The number of ether oxygens (including phenoxy) is 2. The monoisotopic (exact) mass is 391 g/mol. The van der Waals surface area contributed by atoms with E-state index in [1.807, 2.05) is 0 Å². The fraction of sp³-hybridized carbons (Fsp3) is 0.0909. The molecule has 7 heteroatoms. The van der Waals surface area contributed by atoms with Crippen LogP contribution in [0.2, 0.25) is 0 Å². The van der Waals surface area contributed by atoms with Gasteiger partial charge < -0.3 is 9.47 Å². The van der Waals surface area contributed by atoms with Crippen molar-refractivity contribution in [3.05, 3.63) is 94.0 Å². The second-order valence-electron chi connectivity index (χ2n) is 6.07. The van der Waals surface area contributed by atoms with Crippen molar-refractivity contribution in [3.63, 3.8) is 0 Å². The van der Waals surface area contributed by atoms with E-state index in [1.54, 1.807) is 55.5 Å². The van der Waals surface area contributed by atoms with Gasteiger partial charge in [-0.05, 0) is 60.7 Å². The summed E-state index contributed by atoms with van der Waals surface area (Å²) in [6.07, 6.45) is 0.410. The Morgan fingerprint density at radius 3 is 1.79 bits per heavy atom. The zero-order valence-corrected chi connectivity index (χ0v) is 15.5. The first-order valence-electron chi connectivity index (χ1n) is 8.84. The zero-order chi connectivity index (χ0) is 20.8. The highest BCUT2D eigenvalue weighted by molar-refractivity contribution is 5.96. The van der Waals surface area contributed by atoms with Gasteiger partial charge in [0.2, 0.25) is 0 Å². The predicted molar refractivity (Wildman–Crippen MR) is 106 cm³/mol. The number of nitrogens with zero attached hydrogens (tertiary/aromatic N) is 1. The Balaban J connectivity index is 1.62. The average Bonchev–Trinajstić information content (AvgIpc) is 2.74. The molecule has 3 aromatic carbocycles. The summed E-state index contributed by atoms with van der Waals surface area (Å²) >= 11 is 0. The minimum Gasteiger partial charge on any atom is -0.457 e. The largest absolute Gasteiger partial charge is 0.457 e. The van der Waals surface area contributed by atoms with Crippen molar-refractivity contribution in [2.45, 2.75) is 13.3 Å². The molecule has 0 aliphatic rings. The first-order valence-corrected chi connectivity index (χ1v) is 8.84. The molecule has 0 heterocycles. The van der Waals surface area contributed by atoms with Crippen LogP contribution in [-0.2, 0) is 0 Å². The smallest absolute Gasteiger partial charge is 0.343 e. The van der Waals surface area contributed by atoms with Gasteiger partial charge in [0.15, 0.2) is 5.78 Å². The van der Waals surface area contributed by atoms with Crippen molar-refractivity contribution in [3.8, 4) is 17.2 Å². The summed E-state index contributed by atoms with van der Waals surface area (Å²) in [6, 6.07) is 18.4. The number of ketones is 1. The molecule has 29 heavy (non-hydrogen) atoms. The van der Waals surface area contributed by atoms with Crippen molar-refractivity contribution in [1.82, 2.24) is 0 Å². The van der Waals surface area contributed by atoms with Crippen LogP contribution in [0.1, 0.15) is 34.1 Å². The molecular weight excluding hydrogens is 374 g/mol. The highest BCUT2D eigenvalue weighted by Gasteiger charge is 2.11. The van der Waals surface area contributed by atoms with Crippen LogP contribution in [0.3, 0.4) is 0 Å². The molecule has 7 nitrogen and oxygen atoms in total. The number of hydrogen-bond acceptors (Lipinski definition) is 6. The topological polar surface area (TPSA) is 95.7 Å². The lowest BCUT2D eigenvalue weighted by atomic mass is 10.1. The molecule has 3 rings (SSSR count).